The number of carbonyl (C=O) groups is 1. The predicted molar refractivity (Wildman–Crippen MR) is 125 cm³/mol. The summed E-state index contributed by atoms with van der Waals surface area (Å²) in [5, 5.41) is 13.5. The van der Waals surface area contributed by atoms with Crippen molar-refractivity contribution < 1.29 is 23.1 Å². The fraction of sp³-hybridized carbons (Fsp3) is 0.333. The maximum Gasteiger partial charge on any atom is 0.303 e. The van der Waals surface area contributed by atoms with Crippen LogP contribution in [0, 0.1) is 6.92 Å². The smallest absolute Gasteiger partial charge is 0.303 e. The maximum absolute atomic E-state index is 13.7. The van der Waals surface area contributed by atoms with Crippen LogP contribution in [0.4, 0.5) is 5.69 Å². The van der Waals surface area contributed by atoms with E-state index in [0.29, 0.717) is 11.4 Å². The van der Waals surface area contributed by atoms with E-state index in [2.05, 4.69) is 5.10 Å². The van der Waals surface area contributed by atoms with Crippen LogP contribution in [0.25, 0.3) is 11.1 Å². The number of sulfonamides is 1. The van der Waals surface area contributed by atoms with Crippen LogP contribution in [-0.4, -0.2) is 41.9 Å². The molecule has 0 bridgehead atoms. The van der Waals surface area contributed by atoms with E-state index in [1.165, 1.54) is 4.31 Å². The van der Waals surface area contributed by atoms with Crippen LogP contribution in [-0.2, 0) is 14.8 Å². The number of aliphatic carboxylic acids is 1. The molecule has 33 heavy (non-hydrogen) atoms. The molecule has 9 heteroatoms. The van der Waals surface area contributed by atoms with Gasteiger partial charge in [0.2, 0.25) is 0 Å². The van der Waals surface area contributed by atoms with Gasteiger partial charge in [0.05, 0.1) is 23.3 Å². The van der Waals surface area contributed by atoms with Gasteiger partial charge in [-0.15, -0.1) is 0 Å². The average molecular weight is 470 g/mol. The molecule has 1 aliphatic rings. The number of ether oxygens (including phenoxy) is 1. The first-order valence-electron chi connectivity index (χ1n) is 10.8. The van der Waals surface area contributed by atoms with E-state index in [4.69, 9.17) is 9.84 Å². The summed E-state index contributed by atoms with van der Waals surface area (Å²) in [6, 6.07) is 12.3. The molecule has 1 N–H and O–H groups in total. The molecule has 0 amide bonds. The van der Waals surface area contributed by atoms with E-state index in [0.717, 1.165) is 16.7 Å². The van der Waals surface area contributed by atoms with Crippen molar-refractivity contribution in [3.05, 3.63) is 60.4 Å². The van der Waals surface area contributed by atoms with Crippen LogP contribution in [0.5, 0.6) is 5.75 Å². The van der Waals surface area contributed by atoms with Crippen molar-refractivity contribution in [2.75, 3.05) is 10.8 Å². The van der Waals surface area contributed by atoms with Crippen molar-refractivity contribution in [3.8, 4) is 16.9 Å². The summed E-state index contributed by atoms with van der Waals surface area (Å²) < 4.78 is 36.5. The highest BCUT2D eigenvalue weighted by atomic mass is 32.2. The zero-order valence-electron chi connectivity index (χ0n) is 18.8. The van der Waals surface area contributed by atoms with Gasteiger partial charge in [-0.05, 0) is 62.6 Å². The number of carboxylic acids is 1. The minimum Gasteiger partial charge on any atom is -0.486 e. The summed E-state index contributed by atoms with van der Waals surface area (Å²) in [5.41, 5.74) is 2.95. The number of aromatic nitrogens is 2. The maximum atomic E-state index is 13.7. The minimum absolute atomic E-state index is 0.0330. The van der Waals surface area contributed by atoms with Gasteiger partial charge < -0.3 is 9.84 Å². The Morgan fingerprint density at radius 1 is 1.21 bits per heavy atom. The van der Waals surface area contributed by atoms with Crippen LogP contribution >= 0.6 is 0 Å². The van der Waals surface area contributed by atoms with Crippen molar-refractivity contribution in [1.82, 2.24) is 9.78 Å². The quantitative estimate of drug-likeness (QED) is 0.555. The summed E-state index contributed by atoms with van der Waals surface area (Å²) in [7, 11) is -3.89. The van der Waals surface area contributed by atoms with Crippen molar-refractivity contribution in [2.24, 2.45) is 0 Å². The molecule has 1 aromatic heterocycles. The normalized spacial score (nSPS) is 15.9. The molecule has 2 aromatic carbocycles. The number of anilines is 1. The lowest BCUT2D eigenvalue weighted by Gasteiger charge is -2.35. The third-order valence-electron chi connectivity index (χ3n) is 5.61. The second-order valence-electron chi connectivity index (χ2n) is 8.51. The summed E-state index contributed by atoms with van der Waals surface area (Å²) in [4.78, 5) is 11.3. The number of benzene rings is 2. The average Bonchev–Trinajstić information content (AvgIpc) is 3.27. The molecule has 8 nitrogen and oxygen atoms in total. The van der Waals surface area contributed by atoms with Gasteiger partial charge in [-0.1, -0.05) is 18.2 Å². The molecule has 1 atom stereocenters. The second kappa shape index (κ2) is 8.90. The van der Waals surface area contributed by atoms with Gasteiger partial charge in [-0.25, -0.2) is 8.42 Å². The van der Waals surface area contributed by atoms with Crippen molar-refractivity contribution in [2.45, 2.75) is 50.7 Å². The summed E-state index contributed by atoms with van der Waals surface area (Å²) in [6.07, 6.45) is 3.20. The first-order valence-corrected chi connectivity index (χ1v) is 12.3. The third kappa shape index (κ3) is 4.73. The molecular formula is C24H27N3O5S. The number of aryl methyl sites for hydroxylation is 1. The topological polar surface area (TPSA) is 102 Å². The molecular weight excluding hydrogens is 442 g/mol. The van der Waals surface area contributed by atoms with E-state index in [1.807, 2.05) is 43.8 Å². The highest BCUT2D eigenvalue weighted by Crippen LogP contribution is 2.40. The zero-order valence-corrected chi connectivity index (χ0v) is 19.6. The van der Waals surface area contributed by atoms with E-state index < -0.39 is 22.1 Å². The molecule has 0 fully saturated rings. The molecule has 0 saturated heterocycles. The molecule has 174 valence electrons. The van der Waals surface area contributed by atoms with Gasteiger partial charge in [0.1, 0.15) is 11.9 Å². The molecule has 0 spiro atoms. The molecule has 0 unspecified atom stereocenters. The first-order chi connectivity index (χ1) is 15.6. The lowest BCUT2D eigenvalue weighted by molar-refractivity contribution is -0.137. The Morgan fingerprint density at radius 3 is 2.67 bits per heavy atom. The molecule has 1 aliphatic heterocycles. The first kappa shape index (κ1) is 22.8. The molecule has 0 radical (unpaired) electrons. The van der Waals surface area contributed by atoms with Gasteiger partial charge in [-0.2, -0.15) is 5.10 Å². The zero-order chi connectivity index (χ0) is 23.8. The lowest BCUT2D eigenvalue weighted by Crippen LogP contribution is -2.43. The Bertz CT molecular complexity index is 1280. The van der Waals surface area contributed by atoms with Gasteiger partial charge in [0.15, 0.2) is 0 Å². The Labute approximate surface area is 193 Å². The van der Waals surface area contributed by atoms with E-state index in [9.17, 15) is 13.2 Å². The number of hydrogen-bond acceptors (Lipinski definition) is 5. The lowest BCUT2D eigenvalue weighted by atomic mass is 10.1. The van der Waals surface area contributed by atoms with E-state index in [-0.39, 0.29) is 30.3 Å². The molecule has 0 saturated carbocycles. The standard InChI is InChI=1S/C24H27N3O5S/c1-16(2)26-14-19(13-25-26)18-7-9-23-22(12-18)27(15-20(32-23)8-10-24(28)29)33(30,31)21-6-4-5-17(3)11-21/h4-7,9,11-14,16,20H,8,10,15H2,1-3H3,(H,28,29)/t20-/m0/s1. The number of rotatable bonds is 7. The highest BCUT2D eigenvalue weighted by molar-refractivity contribution is 7.92. The number of fused-ring (bicyclic) bond motifs is 1. The Balaban J connectivity index is 1.78. The Kier molecular flexibility index (Phi) is 6.16. The van der Waals surface area contributed by atoms with Gasteiger partial charge >= 0.3 is 5.97 Å². The molecule has 0 aliphatic carbocycles. The third-order valence-corrected chi connectivity index (χ3v) is 7.39. The van der Waals surface area contributed by atoms with Gasteiger partial charge in [0, 0.05) is 24.2 Å². The Morgan fingerprint density at radius 2 is 2.00 bits per heavy atom. The summed E-state index contributed by atoms with van der Waals surface area (Å²) >= 11 is 0. The fourth-order valence-electron chi connectivity index (χ4n) is 3.83. The van der Waals surface area contributed by atoms with Crippen LogP contribution in [0.3, 0.4) is 0 Å². The molecule has 2 heterocycles. The minimum atomic E-state index is -3.89. The van der Waals surface area contributed by atoms with Crippen molar-refractivity contribution in [3.63, 3.8) is 0 Å². The van der Waals surface area contributed by atoms with Crippen molar-refractivity contribution in [1.29, 1.82) is 0 Å². The monoisotopic (exact) mass is 469 g/mol. The number of carboxylic acid groups (broad SMARTS) is 1. The predicted octanol–water partition coefficient (Wildman–Crippen LogP) is 4.26. The van der Waals surface area contributed by atoms with Crippen LogP contribution in [0.1, 0.15) is 38.3 Å². The number of hydrogen-bond donors (Lipinski definition) is 1. The second-order valence-corrected chi connectivity index (χ2v) is 10.4. The molecule has 4 rings (SSSR count). The fourth-order valence-corrected chi connectivity index (χ4v) is 5.43. The van der Waals surface area contributed by atoms with Crippen molar-refractivity contribution >= 4 is 21.7 Å². The number of nitrogens with zero attached hydrogens (tertiary/aromatic N) is 3. The largest absolute Gasteiger partial charge is 0.486 e. The summed E-state index contributed by atoms with van der Waals surface area (Å²) in [6.45, 7) is 5.94. The molecule has 3 aromatic rings. The van der Waals surface area contributed by atoms with Gasteiger partial charge in [0.25, 0.3) is 10.0 Å². The van der Waals surface area contributed by atoms with E-state index in [1.54, 1.807) is 36.5 Å². The van der Waals surface area contributed by atoms with Crippen LogP contribution < -0.4 is 9.04 Å². The van der Waals surface area contributed by atoms with Crippen LogP contribution in [0.15, 0.2) is 59.8 Å². The van der Waals surface area contributed by atoms with Crippen LogP contribution in [0.2, 0.25) is 0 Å². The highest BCUT2D eigenvalue weighted by Gasteiger charge is 2.35. The van der Waals surface area contributed by atoms with E-state index >= 15 is 0 Å². The Hall–Kier alpha value is -3.33. The SMILES string of the molecule is Cc1cccc(S(=O)(=O)N2C[C@H](CCC(=O)O)Oc3ccc(-c4cnn(C(C)C)c4)cc32)c1. The van der Waals surface area contributed by atoms with Gasteiger partial charge in [-0.3, -0.25) is 13.8 Å². The summed E-state index contributed by atoms with van der Waals surface area (Å²) in [5.74, 6) is -0.539.